The molecule has 1 atom stereocenters. The van der Waals surface area contributed by atoms with Crippen LogP contribution in [0.15, 0.2) is 42.5 Å². The average Bonchev–Trinajstić information content (AvgIpc) is 3.36. The van der Waals surface area contributed by atoms with Crippen LogP contribution in [0.3, 0.4) is 0 Å². The summed E-state index contributed by atoms with van der Waals surface area (Å²) in [6, 6.07) is 10.1. The summed E-state index contributed by atoms with van der Waals surface area (Å²) in [5, 5.41) is 5.57. The lowest BCUT2D eigenvalue weighted by Gasteiger charge is -2.21. The number of nitrogen functional groups attached to an aromatic ring is 1. The summed E-state index contributed by atoms with van der Waals surface area (Å²) in [6.45, 7) is 2.05. The first-order valence-corrected chi connectivity index (χ1v) is 12.6. The van der Waals surface area contributed by atoms with Crippen molar-refractivity contribution in [2.45, 2.75) is 25.2 Å². The molecule has 0 bridgehead atoms. The molecule has 1 fully saturated rings. The van der Waals surface area contributed by atoms with Crippen LogP contribution in [-0.4, -0.2) is 43.1 Å². The maximum Gasteiger partial charge on any atom is 0.251 e. The van der Waals surface area contributed by atoms with E-state index in [1.807, 2.05) is 24.3 Å². The number of halogens is 2. The van der Waals surface area contributed by atoms with Crippen molar-refractivity contribution in [1.29, 1.82) is 0 Å². The number of amides is 2. The van der Waals surface area contributed by atoms with E-state index < -0.39 is 11.8 Å². The molecule has 0 aliphatic carbocycles. The van der Waals surface area contributed by atoms with Crippen molar-refractivity contribution in [2.24, 2.45) is 0 Å². The van der Waals surface area contributed by atoms with Gasteiger partial charge in [0.25, 0.3) is 5.91 Å². The topological polar surface area (TPSA) is 106 Å². The SMILES string of the molecule is Nc1nc(F)c(-c2ccc(C3=CCOCC3)cc2C2CNC(=O)C2)cc1-c1cc2c(cc1F)C(=O)NCC2. The molecular formula is C29H26F2N4O3. The van der Waals surface area contributed by atoms with E-state index in [1.54, 1.807) is 6.07 Å². The van der Waals surface area contributed by atoms with Crippen molar-refractivity contribution >= 4 is 23.2 Å². The molecule has 0 radical (unpaired) electrons. The number of fused-ring (bicyclic) bond motifs is 1. The Balaban J connectivity index is 1.49. The van der Waals surface area contributed by atoms with E-state index in [1.165, 1.54) is 12.1 Å². The molecule has 3 aliphatic heterocycles. The second-order valence-corrected chi connectivity index (χ2v) is 9.82. The highest BCUT2D eigenvalue weighted by Crippen LogP contribution is 2.40. The number of nitrogens with two attached hydrogens (primary N) is 1. The number of anilines is 1. The summed E-state index contributed by atoms with van der Waals surface area (Å²) in [4.78, 5) is 28.2. The number of carbonyl (C=O) groups is 2. The molecule has 2 amide bonds. The van der Waals surface area contributed by atoms with Gasteiger partial charge in [-0.25, -0.2) is 9.37 Å². The van der Waals surface area contributed by atoms with Gasteiger partial charge in [0.05, 0.1) is 13.2 Å². The second-order valence-electron chi connectivity index (χ2n) is 9.82. The van der Waals surface area contributed by atoms with Gasteiger partial charge in [-0.15, -0.1) is 0 Å². The van der Waals surface area contributed by atoms with Gasteiger partial charge in [-0.2, -0.15) is 4.39 Å². The minimum atomic E-state index is -0.777. The smallest absolute Gasteiger partial charge is 0.251 e. The van der Waals surface area contributed by atoms with Gasteiger partial charge in [0.2, 0.25) is 11.9 Å². The highest BCUT2D eigenvalue weighted by Gasteiger charge is 2.28. The molecule has 4 heterocycles. The van der Waals surface area contributed by atoms with E-state index in [2.05, 4.69) is 15.6 Å². The molecular weight excluding hydrogens is 490 g/mol. The number of hydrogen-bond donors (Lipinski definition) is 3. The van der Waals surface area contributed by atoms with E-state index >= 15 is 8.78 Å². The molecule has 0 saturated carbocycles. The fourth-order valence-electron chi connectivity index (χ4n) is 5.52. The lowest BCUT2D eigenvalue weighted by Crippen LogP contribution is -2.32. The third-order valence-electron chi connectivity index (χ3n) is 7.51. The summed E-state index contributed by atoms with van der Waals surface area (Å²) in [6.07, 6.45) is 3.63. The maximum absolute atomic E-state index is 15.4. The van der Waals surface area contributed by atoms with Crippen LogP contribution in [0.5, 0.6) is 0 Å². The number of hydrogen-bond acceptors (Lipinski definition) is 5. The van der Waals surface area contributed by atoms with Crippen LogP contribution >= 0.6 is 0 Å². The summed E-state index contributed by atoms with van der Waals surface area (Å²) in [7, 11) is 0. The van der Waals surface area contributed by atoms with Gasteiger partial charge in [-0.1, -0.05) is 24.3 Å². The zero-order valence-electron chi connectivity index (χ0n) is 20.6. The molecule has 6 rings (SSSR count). The van der Waals surface area contributed by atoms with Gasteiger partial charge in [0, 0.05) is 47.7 Å². The normalized spacial score (nSPS) is 19.0. The van der Waals surface area contributed by atoms with Crippen LogP contribution in [-0.2, 0) is 16.0 Å². The predicted molar refractivity (Wildman–Crippen MR) is 139 cm³/mol. The third-order valence-corrected chi connectivity index (χ3v) is 7.51. The number of aromatic nitrogens is 1. The monoisotopic (exact) mass is 516 g/mol. The zero-order valence-corrected chi connectivity index (χ0v) is 20.6. The summed E-state index contributed by atoms with van der Waals surface area (Å²) in [5.74, 6) is -2.11. The molecule has 194 valence electrons. The second kappa shape index (κ2) is 9.64. The molecule has 1 unspecified atom stereocenters. The Kier molecular flexibility index (Phi) is 6.15. The van der Waals surface area contributed by atoms with Crippen molar-refractivity contribution in [3.05, 3.63) is 76.5 Å². The molecule has 0 spiro atoms. The average molecular weight is 517 g/mol. The lowest BCUT2D eigenvalue weighted by molar-refractivity contribution is -0.119. The summed E-state index contributed by atoms with van der Waals surface area (Å²) in [5.41, 5.74) is 11.2. The van der Waals surface area contributed by atoms with Gasteiger partial charge < -0.3 is 21.1 Å². The first-order valence-electron chi connectivity index (χ1n) is 12.6. The molecule has 7 nitrogen and oxygen atoms in total. The van der Waals surface area contributed by atoms with E-state index in [0.29, 0.717) is 43.9 Å². The van der Waals surface area contributed by atoms with Gasteiger partial charge in [0.15, 0.2) is 0 Å². The largest absolute Gasteiger partial charge is 0.383 e. The first kappa shape index (κ1) is 24.2. The van der Waals surface area contributed by atoms with Gasteiger partial charge in [-0.05, 0) is 58.9 Å². The Morgan fingerprint density at radius 2 is 1.82 bits per heavy atom. The highest BCUT2D eigenvalue weighted by molar-refractivity contribution is 5.97. The maximum atomic E-state index is 15.4. The standard InChI is InChI=1S/C29H26F2N4O3/c30-25-13-21-17(3-6-33-29(21)37)10-22(25)24-12-23(27(31)35-28(24)32)19-2-1-16(15-4-7-38-8-5-15)9-20(19)18-11-26(36)34-14-18/h1-2,4,9-10,12-13,18H,3,5-8,11,14H2,(H2,32,35)(H,33,37)(H,34,36). The number of rotatable bonds is 4. The summed E-state index contributed by atoms with van der Waals surface area (Å²) < 4.78 is 36.1. The van der Waals surface area contributed by atoms with E-state index in [0.717, 1.165) is 23.1 Å². The Morgan fingerprint density at radius 3 is 2.58 bits per heavy atom. The quantitative estimate of drug-likeness (QED) is 0.455. The molecule has 4 N–H and O–H groups in total. The molecule has 9 heteroatoms. The van der Waals surface area contributed by atoms with Crippen LogP contribution in [0, 0.1) is 11.8 Å². The predicted octanol–water partition coefficient (Wildman–Crippen LogP) is 3.97. The van der Waals surface area contributed by atoms with Gasteiger partial charge in [0.1, 0.15) is 11.6 Å². The van der Waals surface area contributed by atoms with Gasteiger partial charge in [-0.3, -0.25) is 9.59 Å². The van der Waals surface area contributed by atoms with E-state index in [4.69, 9.17) is 10.5 Å². The van der Waals surface area contributed by atoms with Crippen molar-refractivity contribution in [3.8, 4) is 22.3 Å². The molecule has 1 saturated heterocycles. The highest BCUT2D eigenvalue weighted by atomic mass is 19.1. The van der Waals surface area contributed by atoms with E-state index in [-0.39, 0.29) is 52.2 Å². The Labute approximate surface area is 218 Å². The van der Waals surface area contributed by atoms with Crippen molar-refractivity contribution in [1.82, 2.24) is 15.6 Å². The number of carbonyl (C=O) groups excluding carboxylic acids is 2. The summed E-state index contributed by atoms with van der Waals surface area (Å²) >= 11 is 0. The molecule has 1 aromatic heterocycles. The van der Waals surface area contributed by atoms with Gasteiger partial charge >= 0.3 is 0 Å². The number of nitrogens with zero attached hydrogens (tertiary/aromatic N) is 1. The van der Waals surface area contributed by atoms with Crippen LogP contribution < -0.4 is 16.4 Å². The van der Waals surface area contributed by atoms with Crippen molar-refractivity contribution < 1.29 is 23.1 Å². The number of pyridine rings is 1. The third kappa shape index (κ3) is 4.32. The molecule has 3 aromatic rings. The Bertz CT molecular complexity index is 1520. The van der Waals surface area contributed by atoms with Crippen LogP contribution in [0.25, 0.3) is 27.8 Å². The Hall–Kier alpha value is -4.11. The van der Waals surface area contributed by atoms with Crippen molar-refractivity contribution in [3.63, 3.8) is 0 Å². The lowest BCUT2D eigenvalue weighted by atomic mass is 9.86. The van der Waals surface area contributed by atoms with Crippen LogP contribution in [0.1, 0.15) is 45.8 Å². The Morgan fingerprint density at radius 1 is 0.947 bits per heavy atom. The van der Waals surface area contributed by atoms with Crippen LogP contribution in [0.4, 0.5) is 14.6 Å². The van der Waals surface area contributed by atoms with Crippen molar-refractivity contribution in [2.75, 3.05) is 32.0 Å². The fraction of sp³-hybridized carbons (Fsp3) is 0.276. The minimum absolute atomic E-state index is 0.0617. The molecule has 3 aliphatic rings. The number of ether oxygens (including phenoxy) is 1. The fourth-order valence-corrected chi connectivity index (χ4v) is 5.52. The minimum Gasteiger partial charge on any atom is -0.383 e. The number of nitrogens with one attached hydrogen (secondary N) is 2. The van der Waals surface area contributed by atoms with Crippen LogP contribution in [0.2, 0.25) is 0 Å². The zero-order chi connectivity index (χ0) is 26.4. The first-order chi connectivity index (χ1) is 18.4. The number of benzene rings is 2. The molecule has 38 heavy (non-hydrogen) atoms. The van der Waals surface area contributed by atoms with E-state index in [9.17, 15) is 9.59 Å². The molecule has 2 aromatic carbocycles.